The number of hydrogen-bond acceptors (Lipinski definition) is 2. The first-order chi connectivity index (χ1) is 5.84. The maximum Gasteiger partial charge on any atom is 0.0701 e. The van der Waals surface area contributed by atoms with Crippen molar-refractivity contribution < 1.29 is 0 Å². The van der Waals surface area contributed by atoms with E-state index in [0.29, 0.717) is 0 Å². The minimum atomic E-state index is 0.871. The van der Waals surface area contributed by atoms with Gasteiger partial charge in [-0.2, -0.15) is 0 Å². The molecule has 0 bridgehead atoms. The summed E-state index contributed by atoms with van der Waals surface area (Å²) in [6.07, 6.45) is 2.60. The molecule has 1 aromatic heterocycles. The molecule has 1 atom stereocenters. The third-order valence-corrected chi connectivity index (χ3v) is 3.93. The van der Waals surface area contributed by atoms with Crippen molar-refractivity contribution >= 4 is 27.3 Å². The van der Waals surface area contributed by atoms with Gasteiger partial charge in [0.1, 0.15) is 0 Å². The zero-order chi connectivity index (χ0) is 8.39. The van der Waals surface area contributed by atoms with E-state index in [2.05, 4.69) is 33.4 Å². The molecule has 1 nitrogen and oxygen atoms in total. The molecule has 0 aliphatic carbocycles. The molecule has 1 N–H and O–H groups in total. The lowest BCUT2D eigenvalue weighted by atomic mass is 10.0. The summed E-state index contributed by atoms with van der Waals surface area (Å²) >= 11 is 5.35. The summed E-state index contributed by atoms with van der Waals surface area (Å²) in [5, 5.41) is 3.39. The highest BCUT2D eigenvalue weighted by molar-refractivity contribution is 9.11. The van der Waals surface area contributed by atoms with E-state index < -0.39 is 0 Å². The van der Waals surface area contributed by atoms with Crippen LogP contribution >= 0.6 is 27.3 Å². The van der Waals surface area contributed by atoms with Crippen molar-refractivity contribution in [3.05, 3.63) is 20.8 Å². The Bertz CT molecular complexity index is 253. The summed E-state index contributed by atoms with van der Waals surface area (Å²) in [6, 6.07) is 4.37. The fourth-order valence-electron chi connectivity index (χ4n) is 1.63. The first-order valence-electron chi connectivity index (χ1n) is 4.29. The highest BCUT2D eigenvalue weighted by Crippen LogP contribution is 2.25. The van der Waals surface area contributed by atoms with Gasteiger partial charge in [-0.05, 0) is 59.9 Å². The van der Waals surface area contributed by atoms with Gasteiger partial charge in [-0.1, -0.05) is 0 Å². The lowest BCUT2D eigenvalue weighted by molar-refractivity contribution is 0.585. The van der Waals surface area contributed by atoms with Crippen LogP contribution in [0.2, 0.25) is 0 Å². The van der Waals surface area contributed by atoms with Gasteiger partial charge in [0.15, 0.2) is 0 Å². The average molecular weight is 246 g/mol. The van der Waals surface area contributed by atoms with Crippen LogP contribution in [0, 0.1) is 5.92 Å². The second-order valence-electron chi connectivity index (χ2n) is 3.27. The van der Waals surface area contributed by atoms with E-state index in [1.807, 2.05) is 11.3 Å². The maximum absolute atomic E-state index is 3.48. The molecule has 2 heterocycles. The van der Waals surface area contributed by atoms with Crippen LogP contribution < -0.4 is 5.32 Å². The smallest absolute Gasteiger partial charge is 0.0701 e. The van der Waals surface area contributed by atoms with E-state index >= 15 is 0 Å². The Labute approximate surface area is 85.3 Å². The van der Waals surface area contributed by atoms with E-state index in [1.54, 1.807) is 0 Å². The standard InChI is InChI=1S/C9H12BrNS/c10-9-2-1-8(12-9)5-7-3-4-11-6-7/h1-2,7,11H,3-6H2. The van der Waals surface area contributed by atoms with Crippen molar-refractivity contribution in [3.8, 4) is 0 Å². The van der Waals surface area contributed by atoms with Crippen molar-refractivity contribution in [2.45, 2.75) is 12.8 Å². The molecule has 0 aromatic carbocycles. The molecule has 1 fully saturated rings. The van der Waals surface area contributed by atoms with Gasteiger partial charge >= 0.3 is 0 Å². The van der Waals surface area contributed by atoms with Crippen LogP contribution in [0.4, 0.5) is 0 Å². The molecule has 12 heavy (non-hydrogen) atoms. The van der Waals surface area contributed by atoms with Crippen LogP contribution in [0.1, 0.15) is 11.3 Å². The summed E-state index contributed by atoms with van der Waals surface area (Å²) in [7, 11) is 0. The predicted molar refractivity (Wildman–Crippen MR) is 56.7 cm³/mol. The molecule has 1 aliphatic rings. The first-order valence-corrected chi connectivity index (χ1v) is 5.90. The van der Waals surface area contributed by atoms with Gasteiger partial charge in [-0.15, -0.1) is 11.3 Å². The largest absolute Gasteiger partial charge is 0.316 e. The zero-order valence-corrected chi connectivity index (χ0v) is 9.25. The van der Waals surface area contributed by atoms with Crippen LogP contribution in [0.15, 0.2) is 15.9 Å². The van der Waals surface area contributed by atoms with E-state index in [4.69, 9.17) is 0 Å². The van der Waals surface area contributed by atoms with Crippen molar-refractivity contribution in [3.63, 3.8) is 0 Å². The third-order valence-electron chi connectivity index (χ3n) is 2.28. The Balaban J connectivity index is 1.94. The van der Waals surface area contributed by atoms with Gasteiger partial charge in [0, 0.05) is 4.88 Å². The molecule has 0 radical (unpaired) electrons. The van der Waals surface area contributed by atoms with Crippen LogP contribution in [0.5, 0.6) is 0 Å². The second kappa shape index (κ2) is 3.90. The molecule has 66 valence electrons. The summed E-state index contributed by atoms with van der Waals surface area (Å²) < 4.78 is 1.25. The van der Waals surface area contributed by atoms with E-state index in [9.17, 15) is 0 Å². The molecule has 0 amide bonds. The molecule has 1 unspecified atom stereocenters. The molecular weight excluding hydrogens is 234 g/mol. The van der Waals surface area contributed by atoms with Crippen molar-refractivity contribution in [2.24, 2.45) is 5.92 Å². The molecule has 0 spiro atoms. The van der Waals surface area contributed by atoms with Crippen LogP contribution in [0.25, 0.3) is 0 Å². The number of thiophene rings is 1. The fourth-order valence-corrected chi connectivity index (χ4v) is 3.23. The SMILES string of the molecule is Brc1ccc(CC2CCNC2)s1. The molecule has 1 saturated heterocycles. The summed E-state index contributed by atoms with van der Waals surface area (Å²) in [5.41, 5.74) is 0. The number of rotatable bonds is 2. The minimum Gasteiger partial charge on any atom is -0.316 e. The van der Waals surface area contributed by atoms with E-state index in [0.717, 1.165) is 5.92 Å². The molecule has 1 aromatic rings. The van der Waals surface area contributed by atoms with Crippen molar-refractivity contribution in [1.29, 1.82) is 0 Å². The van der Waals surface area contributed by atoms with Crippen LogP contribution in [-0.2, 0) is 6.42 Å². The lowest BCUT2D eigenvalue weighted by Gasteiger charge is -2.04. The van der Waals surface area contributed by atoms with E-state index in [1.165, 1.54) is 34.6 Å². The Hall–Kier alpha value is 0.140. The normalized spacial score (nSPS) is 23.2. The quantitative estimate of drug-likeness (QED) is 0.845. The van der Waals surface area contributed by atoms with Crippen molar-refractivity contribution in [2.75, 3.05) is 13.1 Å². The second-order valence-corrected chi connectivity index (χ2v) is 5.82. The first kappa shape index (κ1) is 8.73. The molecule has 1 aliphatic heterocycles. The van der Waals surface area contributed by atoms with Crippen LogP contribution in [-0.4, -0.2) is 13.1 Å². The molecule has 2 rings (SSSR count). The number of hydrogen-bond donors (Lipinski definition) is 1. The van der Waals surface area contributed by atoms with Crippen molar-refractivity contribution in [1.82, 2.24) is 5.32 Å². The zero-order valence-electron chi connectivity index (χ0n) is 6.85. The Morgan fingerprint density at radius 3 is 3.08 bits per heavy atom. The lowest BCUT2D eigenvalue weighted by Crippen LogP contribution is -2.10. The number of nitrogens with one attached hydrogen (secondary N) is 1. The Morgan fingerprint density at radius 1 is 1.58 bits per heavy atom. The molecular formula is C9H12BrNS. The molecule has 3 heteroatoms. The number of halogens is 1. The Kier molecular flexibility index (Phi) is 2.84. The van der Waals surface area contributed by atoms with Gasteiger partial charge in [-0.25, -0.2) is 0 Å². The monoisotopic (exact) mass is 245 g/mol. The molecule has 0 saturated carbocycles. The van der Waals surface area contributed by atoms with Gasteiger partial charge < -0.3 is 5.32 Å². The minimum absolute atomic E-state index is 0.871. The fraction of sp³-hybridized carbons (Fsp3) is 0.556. The topological polar surface area (TPSA) is 12.0 Å². The van der Waals surface area contributed by atoms with Crippen LogP contribution in [0.3, 0.4) is 0 Å². The van der Waals surface area contributed by atoms with Gasteiger partial charge in [0.25, 0.3) is 0 Å². The average Bonchev–Trinajstić information content (AvgIpc) is 2.63. The van der Waals surface area contributed by atoms with Gasteiger partial charge in [0.2, 0.25) is 0 Å². The third kappa shape index (κ3) is 2.09. The highest BCUT2D eigenvalue weighted by atomic mass is 79.9. The maximum atomic E-state index is 3.48. The van der Waals surface area contributed by atoms with E-state index in [-0.39, 0.29) is 0 Å². The predicted octanol–water partition coefficient (Wildman–Crippen LogP) is 2.66. The summed E-state index contributed by atoms with van der Waals surface area (Å²) in [6.45, 7) is 2.41. The highest BCUT2D eigenvalue weighted by Gasteiger charge is 2.15. The summed E-state index contributed by atoms with van der Waals surface area (Å²) in [5.74, 6) is 0.871. The van der Waals surface area contributed by atoms with Gasteiger partial charge in [-0.3, -0.25) is 0 Å². The van der Waals surface area contributed by atoms with Gasteiger partial charge in [0.05, 0.1) is 3.79 Å². The summed E-state index contributed by atoms with van der Waals surface area (Å²) in [4.78, 5) is 1.51. The Morgan fingerprint density at radius 2 is 2.50 bits per heavy atom.